The second-order valence-electron chi connectivity index (χ2n) is 15.6. The van der Waals surface area contributed by atoms with Crippen LogP contribution in [0.15, 0.2) is 36.5 Å². The molecule has 0 spiro atoms. The van der Waals surface area contributed by atoms with E-state index in [1.807, 2.05) is 6.08 Å². The molecule has 0 saturated carbocycles. The Balaban J connectivity index is 4.38. The Labute approximate surface area is 353 Å². The summed E-state index contributed by atoms with van der Waals surface area (Å²) in [5, 5.41) is 8.89. The SMILES string of the molecule is CCCCCCCC/C=C/CCCCCCCCCCCC(=O)OC[C@H](COP(=O)(O)OC[C@H](N)C(=O)O)OC(=O)/C=C/C=C/CCCCCCCCCCCCC. The van der Waals surface area contributed by atoms with Crippen molar-refractivity contribution in [1.82, 2.24) is 0 Å². The van der Waals surface area contributed by atoms with Gasteiger partial charge in [-0.25, -0.2) is 9.36 Å². The van der Waals surface area contributed by atoms with Gasteiger partial charge in [0.05, 0.1) is 13.2 Å². The molecule has 12 heteroatoms. The van der Waals surface area contributed by atoms with Crippen molar-refractivity contribution in [3.05, 3.63) is 36.5 Å². The molecule has 58 heavy (non-hydrogen) atoms. The summed E-state index contributed by atoms with van der Waals surface area (Å²) >= 11 is 0. The van der Waals surface area contributed by atoms with Crippen LogP contribution in [0, 0.1) is 0 Å². The van der Waals surface area contributed by atoms with Crippen LogP contribution in [0.5, 0.6) is 0 Å². The monoisotopic (exact) mass is 842 g/mol. The molecule has 0 radical (unpaired) electrons. The first kappa shape index (κ1) is 55.7. The van der Waals surface area contributed by atoms with Crippen LogP contribution >= 0.6 is 7.82 Å². The molecule has 0 aliphatic rings. The van der Waals surface area contributed by atoms with E-state index in [4.69, 9.17) is 24.8 Å². The molecule has 0 saturated heterocycles. The van der Waals surface area contributed by atoms with Crippen molar-refractivity contribution in [2.75, 3.05) is 19.8 Å². The Hall–Kier alpha value is -2.30. The van der Waals surface area contributed by atoms with Gasteiger partial charge < -0.3 is 25.2 Å². The zero-order valence-corrected chi connectivity index (χ0v) is 37.5. The number of ether oxygens (including phenoxy) is 2. The molecule has 4 N–H and O–H groups in total. The lowest BCUT2D eigenvalue weighted by Crippen LogP contribution is -2.34. The van der Waals surface area contributed by atoms with E-state index >= 15 is 0 Å². The molecule has 0 bridgehead atoms. The van der Waals surface area contributed by atoms with Gasteiger partial charge in [-0.2, -0.15) is 0 Å². The third kappa shape index (κ3) is 40.5. The number of carbonyl (C=O) groups excluding carboxylic acids is 2. The average molecular weight is 842 g/mol. The number of phosphoric ester groups is 1. The van der Waals surface area contributed by atoms with Crippen LogP contribution < -0.4 is 5.73 Å². The summed E-state index contributed by atoms with van der Waals surface area (Å²) < 4.78 is 32.5. The van der Waals surface area contributed by atoms with Gasteiger partial charge in [0.2, 0.25) is 0 Å². The number of nitrogens with two attached hydrogens (primary N) is 1. The van der Waals surface area contributed by atoms with Gasteiger partial charge in [-0.05, 0) is 44.9 Å². The number of rotatable bonds is 43. The molecule has 0 aromatic carbocycles. The maximum Gasteiger partial charge on any atom is 0.472 e. The molecule has 0 aliphatic carbocycles. The maximum atomic E-state index is 12.5. The van der Waals surface area contributed by atoms with Crippen LogP contribution in [0.4, 0.5) is 0 Å². The Bertz CT molecular complexity index is 1130. The van der Waals surface area contributed by atoms with Crippen LogP contribution in [-0.4, -0.2) is 59.9 Å². The molecule has 0 amide bonds. The minimum absolute atomic E-state index is 0.201. The Morgan fingerprint density at radius 2 is 0.983 bits per heavy atom. The summed E-state index contributed by atoms with van der Waals surface area (Å²) in [5.41, 5.74) is 5.33. The van der Waals surface area contributed by atoms with Crippen LogP contribution in [-0.2, 0) is 37.5 Å². The largest absolute Gasteiger partial charge is 0.480 e. The van der Waals surface area contributed by atoms with Crippen molar-refractivity contribution in [2.45, 2.75) is 219 Å². The number of hydrogen-bond donors (Lipinski definition) is 3. The quantitative estimate of drug-likeness (QED) is 0.0133. The minimum Gasteiger partial charge on any atom is -0.480 e. The topological polar surface area (TPSA) is 172 Å². The molecular weight excluding hydrogens is 757 g/mol. The van der Waals surface area contributed by atoms with Gasteiger partial charge in [-0.15, -0.1) is 0 Å². The van der Waals surface area contributed by atoms with Crippen LogP contribution in [0.25, 0.3) is 0 Å². The predicted octanol–water partition coefficient (Wildman–Crippen LogP) is 12.4. The first-order chi connectivity index (χ1) is 28.1. The van der Waals surface area contributed by atoms with Crippen molar-refractivity contribution in [3.63, 3.8) is 0 Å². The number of unbranched alkanes of at least 4 members (excludes halogenated alkanes) is 26. The van der Waals surface area contributed by atoms with Crippen molar-refractivity contribution >= 4 is 25.7 Å². The molecule has 0 heterocycles. The first-order valence-electron chi connectivity index (χ1n) is 23.1. The highest BCUT2D eigenvalue weighted by atomic mass is 31.2. The highest BCUT2D eigenvalue weighted by Crippen LogP contribution is 2.43. The zero-order chi connectivity index (χ0) is 42.8. The lowest BCUT2D eigenvalue weighted by atomic mass is 10.1. The van der Waals surface area contributed by atoms with Gasteiger partial charge in [0, 0.05) is 12.5 Å². The van der Waals surface area contributed by atoms with Crippen LogP contribution in [0.2, 0.25) is 0 Å². The number of hydrogen-bond acceptors (Lipinski definition) is 9. The Kier molecular flexibility index (Phi) is 39.8. The van der Waals surface area contributed by atoms with E-state index in [-0.39, 0.29) is 6.42 Å². The van der Waals surface area contributed by atoms with Gasteiger partial charge in [-0.1, -0.05) is 185 Å². The summed E-state index contributed by atoms with van der Waals surface area (Å²) in [4.78, 5) is 45.9. The van der Waals surface area contributed by atoms with E-state index in [0.29, 0.717) is 6.42 Å². The minimum atomic E-state index is -4.74. The molecule has 1 unspecified atom stereocenters. The molecular formula is C46H84NO10P. The van der Waals surface area contributed by atoms with Crippen molar-refractivity contribution in [3.8, 4) is 0 Å². The Morgan fingerprint density at radius 3 is 1.45 bits per heavy atom. The third-order valence-corrected chi connectivity index (χ3v) is 10.9. The number of phosphoric acid groups is 1. The molecule has 11 nitrogen and oxygen atoms in total. The number of esters is 2. The van der Waals surface area contributed by atoms with Gasteiger partial charge >= 0.3 is 25.7 Å². The van der Waals surface area contributed by atoms with Crippen molar-refractivity contribution in [1.29, 1.82) is 0 Å². The average Bonchev–Trinajstić information content (AvgIpc) is 3.20. The molecule has 3 atom stereocenters. The Morgan fingerprint density at radius 1 is 0.569 bits per heavy atom. The van der Waals surface area contributed by atoms with Gasteiger partial charge in [0.1, 0.15) is 12.6 Å². The predicted molar refractivity (Wildman–Crippen MR) is 235 cm³/mol. The van der Waals surface area contributed by atoms with Crippen molar-refractivity contribution in [2.24, 2.45) is 5.73 Å². The van der Waals surface area contributed by atoms with Gasteiger partial charge in [0.15, 0.2) is 6.10 Å². The normalized spacial score (nSPS) is 14.0. The summed E-state index contributed by atoms with van der Waals surface area (Å²) in [7, 11) is -4.74. The summed E-state index contributed by atoms with van der Waals surface area (Å²) in [6.07, 6.45) is 45.6. The maximum absolute atomic E-state index is 12.5. The smallest absolute Gasteiger partial charge is 0.472 e. The van der Waals surface area contributed by atoms with Crippen LogP contribution in [0.3, 0.4) is 0 Å². The number of carboxylic acids is 1. The third-order valence-electron chi connectivity index (χ3n) is 9.97. The molecule has 0 aromatic rings. The number of aliphatic carboxylic acids is 1. The van der Waals surface area contributed by atoms with E-state index in [0.717, 1.165) is 32.1 Å². The second kappa shape index (κ2) is 41.4. The van der Waals surface area contributed by atoms with Crippen LogP contribution in [0.1, 0.15) is 206 Å². The fourth-order valence-corrected chi connectivity index (χ4v) is 7.10. The summed E-state index contributed by atoms with van der Waals surface area (Å²) in [5.74, 6) is -2.64. The lowest BCUT2D eigenvalue weighted by Gasteiger charge is -2.19. The number of carbonyl (C=O) groups is 3. The highest BCUT2D eigenvalue weighted by Gasteiger charge is 2.28. The molecule has 0 aliphatic heterocycles. The molecule has 0 fully saturated rings. The number of carboxylic acid groups (broad SMARTS) is 1. The standard InChI is InChI=1S/C46H84NO10P/c1-3-5-7-9-11-13-15-17-19-20-21-22-24-25-27-29-31-33-35-37-44(48)54-39-42(40-55-58(52,53)56-41-43(47)46(50)51)57-45(49)38-36-34-32-30-28-26-23-18-16-14-12-10-8-6-4-2/h17,19,32,34,36,38,42-43H,3-16,18,20-31,33,35,37,39-41,47H2,1-2H3,(H,50,51)(H,52,53)/b19-17+,34-32+,38-36+/t42-,43+/m1/s1. The van der Waals surface area contributed by atoms with E-state index in [9.17, 15) is 23.8 Å². The van der Waals surface area contributed by atoms with Crippen molar-refractivity contribution < 1.29 is 47.5 Å². The molecule has 0 rings (SSSR count). The van der Waals surface area contributed by atoms with E-state index in [1.54, 1.807) is 12.2 Å². The first-order valence-corrected chi connectivity index (χ1v) is 24.6. The summed E-state index contributed by atoms with van der Waals surface area (Å²) in [6, 6.07) is -1.53. The molecule has 338 valence electrons. The van der Waals surface area contributed by atoms with Gasteiger partial charge in [0.25, 0.3) is 0 Å². The lowest BCUT2D eigenvalue weighted by molar-refractivity contribution is -0.157. The zero-order valence-electron chi connectivity index (χ0n) is 36.6. The van der Waals surface area contributed by atoms with E-state index in [2.05, 4.69) is 30.5 Å². The van der Waals surface area contributed by atoms with Gasteiger partial charge in [-0.3, -0.25) is 18.6 Å². The second-order valence-corrected chi connectivity index (χ2v) is 17.1. The highest BCUT2D eigenvalue weighted by molar-refractivity contribution is 7.47. The van der Waals surface area contributed by atoms with E-state index in [1.165, 1.54) is 154 Å². The fraction of sp³-hybridized carbons (Fsp3) is 0.804. The number of allylic oxidation sites excluding steroid dienone is 5. The fourth-order valence-electron chi connectivity index (χ4n) is 6.32. The van der Waals surface area contributed by atoms with E-state index < -0.39 is 57.7 Å². The molecule has 0 aromatic heterocycles. The summed E-state index contributed by atoms with van der Waals surface area (Å²) in [6.45, 7) is 2.70.